The van der Waals surface area contributed by atoms with Crippen molar-refractivity contribution in [2.45, 2.75) is 30.7 Å². The van der Waals surface area contributed by atoms with Gasteiger partial charge in [-0.15, -0.1) is 0 Å². The first-order chi connectivity index (χ1) is 17.1. The zero-order valence-corrected chi connectivity index (χ0v) is 21.2. The van der Waals surface area contributed by atoms with Gasteiger partial charge in [0, 0.05) is 6.20 Å². The molecule has 38 heavy (non-hydrogen) atoms. The lowest BCUT2D eigenvalue weighted by Gasteiger charge is -2.19. The average molecular weight is 637 g/mol. The Hall–Kier alpha value is -1.48. The Morgan fingerprint density at radius 1 is 1.11 bits per heavy atom. The lowest BCUT2D eigenvalue weighted by molar-refractivity contribution is -0.143. The number of aliphatic hydroxyl groups excluding tert-OH is 2. The van der Waals surface area contributed by atoms with E-state index >= 15 is 0 Å². The van der Waals surface area contributed by atoms with E-state index in [-0.39, 0.29) is 0 Å². The number of pyridine rings is 1. The molecule has 0 aliphatic carbocycles. The molecule has 3 rings (SSSR count). The summed E-state index contributed by atoms with van der Waals surface area (Å²) >= 11 is 4.90. The predicted octanol–water partition coefficient (Wildman–Crippen LogP) is 0.574. The summed E-state index contributed by atoms with van der Waals surface area (Å²) in [5.74, 6) is -2.20. The van der Waals surface area contributed by atoms with Gasteiger partial charge >= 0.3 is 29.6 Å². The number of aliphatic hydroxyl groups is 2. The van der Waals surface area contributed by atoms with Crippen LogP contribution in [-0.2, 0) is 37.8 Å². The van der Waals surface area contributed by atoms with Crippen molar-refractivity contribution < 1.29 is 78.9 Å². The summed E-state index contributed by atoms with van der Waals surface area (Å²) in [5, 5.41) is 19.7. The number of aromatic nitrogens is 3. The van der Waals surface area contributed by atoms with Crippen molar-refractivity contribution in [2.24, 2.45) is 0 Å². The van der Waals surface area contributed by atoms with Gasteiger partial charge in [0.05, 0.1) is 12.0 Å². The second-order valence-corrected chi connectivity index (χ2v) is 12.1. The molecule has 7 N–H and O–H groups in total. The molecule has 3 heterocycles. The van der Waals surface area contributed by atoms with Gasteiger partial charge in [0.25, 0.3) is 0 Å². The van der Waals surface area contributed by atoms with Crippen LogP contribution in [0.5, 0.6) is 0 Å². The monoisotopic (exact) mass is 637 g/mol. The highest BCUT2D eigenvalue weighted by atomic mass is 32.1. The van der Waals surface area contributed by atoms with Crippen LogP contribution in [0.3, 0.4) is 0 Å². The van der Waals surface area contributed by atoms with E-state index in [1.54, 1.807) is 4.98 Å². The van der Waals surface area contributed by atoms with Gasteiger partial charge < -0.3 is 39.5 Å². The molecule has 1 aliphatic rings. The number of hydrogen-bond acceptors (Lipinski definition) is 12. The Morgan fingerprint density at radius 2 is 1.71 bits per heavy atom. The normalized spacial score (nSPS) is 25.8. The van der Waals surface area contributed by atoms with Crippen molar-refractivity contribution in [2.75, 3.05) is 6.61 Å². The highest BCUT2D eigenvalue weighted by Crippen LogP contribution is 2.66. The smallest absolute Gasteiger partial charge is 0.387 e. The number of hydrogen-bond donors (Lipinski definition) is 7. The lowest BCUT2D eigenvalue weighted by Crippen LogP contribution is -2.34. The fourth-order valence-corrected chi connectivity index (χ4v) is 6.36. The first-order valence-corrected chi connectivity index (χ1v) is 14.3. The summed E-state index contributed by atoms with van der Waals surface area (Å²) in [6.45, 7) is -1.20. The van der Waals surface area contributed by atoms with Gasteiger partial charge in [-0.2, -0.15) is 21.8 Å². The highest BCUT2D eigenvalue weighted by molar-refractivity contribution is 7.71. The summed E-state index contributed by atoms with van der Waals surface area (Å²) in [7, 11) is -17.1. The summed E-state index contributed by atoms with van der Waals surface area (Å²) in [4.78, 5) is 52.9. The largest absolute Gasteiger partial charge is 0.490 e. The van der Waals surface area contributed by atoms with E-state index in [1.165, 1.54) is 0 Å². The maximum Gasteiger partial charge on any atom is 0.490 e. The van der Waals surface area contributed by atoms with Crippen LogP contribution in [0, 0.1) is 10.6 Å². The topological polar surface area (TPSA) is 260 Å². The second-order valence-electron chi connectivity index (χ2n) is 7.27. The number of fused-ring (bicyclic) bond motifs is 1. The summed E-state index contributed by atoms with van der Waals surface area (Å²) in [6.07, 6.45) is -12.1. The van der Waals surface area contributed by atoms with Crippen LogP contribution in [0.1, 0.15) is 11.9 Å². The van der Waals surface area contributed by atoms with Gasteiger partial charge in [0.1, 0.15) is 24.0 Å². The number of rotatable bonds is 8. The highest BCUT2D eigenvalue weighted by Gasteiger charge is 2.47. The number of H-pyrrole nitrogens is 1. The molecule has 2 aromatic heterocycles. The molecule has 0 amide bonds. The molecular weight excluding hydrogens is 623 g/mol. The Labute approximate surface area is 210 Å². The molecule has 6 atom stereocenters. The molecule has 3 unspecified atom stereocenters. The fraction of sp³-hybridized carbons (Fsp3) is 0.462. The van der Waals surface area contributed by atoms with E-state index in [2.05, 4.69) is 18.1 Å². The minimum Gasteiger partial charge on any atom is -0.387 e. The molecule has 2 aromatic rings. The Balaban J connectivity index is 1.84. The van der Waals surface area contributed by atoms with Crippen molar-refractivity contribution in [1.29, 1.82) is 0 Å². The summed E-state index contributed by atoms with van der Waals surface area (Å²) < 4.78 is 103. The molecule has 0 bridgehead atoms. The van der Waals surface area contributed by atoms with Crippen LogP contribution in [0.2, 0.25) is 0 Å². The Bertz CT molecular complexity index is 1510. The maximum absolute atomic E-state index is 14.0. The molecule has 1 fully saturated rings. The first kappa shape index (κ1) is 31.1. The van der Waals surface area contributed by atoms with Gasteiger partial charge in [-0.25, -0.2) is 23.1 Å². The number of phosphoric ester groups is 1. The Kier molecular flexibility index (Phi) is 8.57. The molecule has 1 saturated heterocycles. The third-order valence-electron chi connectivity index (χ3n) is 4.57. The predicted molar refractivity (Wildman–Crippen MR) is 112 cm³/mol. The zero-order valence-electron chi connectivity index (χ0n) is 17.7. The quantitative estimate of drug-likeness (QED) is 0.119. The fourth-order valence-electron chi connectivity index (χ4n) is 3.08. The molecule has 0 spiro atoms. The van der Waals surface area contributed by atoms with Crippen LogP contribution < -0.4 is 5.43 Å². The van der Waals surface area contributed by atoms with Gasteiger partial charge in [0.2, 0.25) is 10.2 Å². The van der Waals surface area contributed by atoms with E-state index < -0.39 is 93.5 Å². The first-order valence-electron chi connectivity index (χ1n) is 9.34. The minimum atomic E-state index is -5.85. The maximum atomic E-state index is 14.0. The SMILES string of the molecule is O=c1c(F)c(C(F)(F)F)[nH]c2nc(=S)n([C@@H]3O[C@H](COP(=O)(O)OP(=O)(O)OP(=O)(O)O)C(O)[C@@H]3O)cc12. The summed E-state index contributed by atoms with van der Waals surface area (Å²) in [6, 6.07) is 0. The molecule has 0 saturated carbocycles. The van der Waals surface area contributed by atoms with E-state index in [0.29, 0.717) is 10.8 Å². The number of halogens is 4. The van der Waals surface area contributed by atoms with Crippen molar-refractivity contribution in [1.82, 2.24) is 14.5 Å². The number of ether oxygens (including phenoxy) is 1. The number of alkyl halides is 3. The van der Waals surface area contributed by atoms with Crippen LogP contribution in [0.4, 0.5) is 17.6 Å². The third kappa shape index (κ3) is 6.98. The van der Waals surface area contributed by atoms with Gasteiger partial charge in [-0.05, 0) is 12.2 Å². The van der Waals surface area contributed by atoms with E-state index in [4.69, 9.17) is 31.6 Å². The lowest BCUT2D eigenvalue weighted by atomic mass is 10.1. The third-order valence-corrected chi connectivity index (χ3v) is 8.68. The van der Waals surface area contributed by atoms with Crippen molar-refractivity contribution in [3.63, 3.8) is 0 Å². The molecule has 0 aromatic carbocycles. The van der Waals surface area contributed by atoms with Gasteiger partial charge in [-0.1, -0.05) is 0 Å². The molecule has 25 heteroatoms. The van der Waals surface area contributed by atoms with Crippen molar-refractivity contribution in [3.05, 3.63) is 32.7 Å². The van der Waals surface area contributed by atoms with E-state index in [0.717, 1.165) is 0 Å². The summed E-state index contributed by atoms with van der Waals surface area (Å²) in [5.41, 5.74) is -4.55. The molecule has 1 aliphatic heterocycles. The average Bonchev–Trinajstić information content (AvgIpc) is 2.99. The molecule has 17 nitrogen and oxygen atoms in total. The van der Waals surface area contributed by atoms with E-state index in [1.807, 2.05) is 0 Å². The minimum absolute atomic E-state index is 0.641. The van der Waals surface area contributed by atoms with E-state index in [9.17, 15) is 51.2 Å². The number of aromatic amines is 1. The van der Waals surface area contributed by atoms with Crippen LogP contribution >= 0.6 is 35.7 Å². The second kappa shape index (κ2) is 10.5. The number of nitrogens with one attached hydrogen (secondary N) is 1. The van der Waals surface area contributed by atoms with Gasteiger partial charge in [0.15, 0.2) is 17.7 Å². The van der Waals surface area contributed by atoms with Gasteiger partial charge in [-0.3, -0.25) is 13.9 Å². The number of phosphoric acid groups is 3. The van der Waals surface area contributed by atoms with Crippen molar-refractivity contribution in [3.8, 4) is 0 Å². The Morgan fingerprint density at radius 3 is 2.26 bits per heavy atom. The molecule has 214 valence electrons. The standard InChI is InChI=1S/C13H14F4N3O14P3S/c14-5-6(21)3-1-20(12(38)19-10(3)18-9(5)13(15,16)17)11-8(23)7(22)4(32-11)2-31-36(27,28)34-37(29,30)33-35(24,25)26/h1,4,7-8,11,22-23H,2H2,(H,27,28)(H,29,30)(H,18,19,38)(H2,24,25,26)/t4-,7?,8+,11-/m1/s1. The van der Waals surface area contributed by atoms with Crippen LogP contribution in [0.25, 0.3) is 11.0 Å². The molecule has 0 radical (unpaired) electrons. The van der Waals surface area contributed by atoms with Crippen molar-refractivity contribution >= 4 is 46.7 Å². The molecular formula is C13H14F4N3O14P3S. The zero-order chi connectivity index (χ0) is 29.0. The number of nitrogens with zero attached hydrogens (tertiary/aromatic N) is 2. The van der Waals surface area contributed by atoms with Crippen LogP contribution in [-0.4, -0.2) is 69.2 Å². The van der Waals surface area contributed by atoms with Crippen LogP contribution in [0.15, 0.2) is 11.0 Å².